The second-order valence-corrected chi connectivity index (χ2v) is 5.83. The Morgan fingerprint density at radius 1 is 1.38 bits per heavy atom. The zero-order valence-corrected chi connectivity index (χ0v) is 12.6. The molecule has 3 unspecified atom stereocenters. The fourth-order valence-corrected chi connectivity index (χ4v) is 2.79. The number of aliphatic hydroxyl groups excluding tert-OH is 1. The number of ether oxygens (including phenoxy) is 1. The molecule has 1 saturated carbocycles. The quantitative estimate of drug-likeness (QED) is 0.844. The fourth-order valence-electron chi connectivity index (χ4n) is 2.79. The maximum atomic E-state index is 10.0. The van der Waals surface area contributed by atoms with Crippen molar-refractivity contribution in [2.75, 3.05) is 18.5 Å². The van der Waals surface area contributed by atoms with Crippen molar-refractivity contribution >= 4 is 5.69 Å². The zero-order valence-electron chi connectivity index (χ0n) is 12.6. The number of hydrogen-bond donors (Lipinski definition) is 2. The van der Waals surface area contributed by atoms with Crippen molar-refractivity contribution in [2.45, 2.75) is 44.8 Å². The van der Waals surface area contributed by atoms with Gasteiger partial charge in [0.15, 0.2) is 0 Å². The third kappa shape index (κ3) is 4.73. The first-order valence-corrected chi connectivity index (χ1v) is 7.73. The molecule has 0 bridgehead atoms. The molecule has 0 heterocycles. The molecule has 1 aromatic rings. The van der Waals surface area contributed by atoms with Crippen LogP contribution in [0.2, 0.25) is 0 Å². The Labute approximate surface area is 126 Å². The van der Waals surface area contributed by atoms with Crippen LogP contribution in [0.3, 0.4) is 0 Å². The SMILES string of the molecule is CC1CCCCC1OCC(O)CNc1ccccc1C#N. The molecule has 0 saturated heterocycles. The van der Waals surface area contributed by atoms with E-state index in [-0.39, 0.29) is 6.10 Å². The van der Waals surface area contributed by atoms with Crippen molar-refractivity contribution in [1.29, 1.82) is 5.26 Å². The first kappa shape index (κ1) is 15.8. The Kier molecular flexibility index (Phi) is 6.04. The monoisotopic (exact) mass is 288 g/mol. The predicted octanol–water partition coefficient (Wildman–Crippen LogP) is 2.93. The van der Waals surface area contributed by atoms with Crippen LogP contribution in [0.1, 0.15) is 38.2 Å². The maximum absolute atomic E-state index is 10.0. The van der Waals surface area contributed by atoms with Crippen molar-refractivity contribution in [1.82, 2.24) is 0 Å². The summed E-state index contributed by atoms with van der Waals surface area (Å²) in [6.45, 7) is 2.95. The molecule has 1 aliphatic carbocycles. The van der Waals surface area contributed by atoms with Crippen LogP contribution in [0, 0.1) is 17.2 Å². The van der Waals surface area contributed by atoms with Gasteiger partial charge in [0.25, 0.3) is 0 Å². The molecule has 114 valence electrons. The van der Waals surface area contributed by atoms with Crippen molar-refractivity contribution in [3.05, 3.63) is 29.8 Å². The minimum atomic E-state index is -0.564. The van der Waals surface area contributed by atoms with E-state index in [1.54, 1.807) is 6.07 Å². The lowest BCUT2D eigenvalue weighted by molar-refractivity contribution is -0.0424. The molecular formula is C17H24N2O2. The fraction of sp³-hybridized carbons (Fsp3) is 0.588. The van der Waals surface area contributed by atoms with Crippen LogP contribution >= 0.6 is 0 Å². The minimum Gasteiger partial charge on any atom is -0.389 e. The maximum Gasteiger partial charge on any atom is 0.101 e. The van der Waals surface area contributed by atoms with Gasteiger partial charge in [-0.2, -0.15) is 5.26 Å². The molecule has 2 rings (SSSR count). The third-order valence-electron chi connectivity index (χ3n) is 4.11. The second-order valence-electron chi connectivity index (χ2n) is 5.83. The van der Waals surface area contributed by atoms with E-state index < -0.39 is 6.10 Å². The molecule has 1 aromatic carbocycles. The van der Waals surface area contributed by atoms with Crippen molar-refractivity contribution < 1.29 is 9.84 Å². The van der Waals surface area contributed by atoms with E-state index >= 15 is 0 Å². The second kappa shape index (κ2) is 8.02. The molecule has 21 heavy (non-hydrogen) atoms. The molecular weight excluding hydrogens is 264 g/mol. The first-order valence-electron chi connectivity index (χ1n) is 7.73. The van der Waals surface area contributed by atoms with Crippen LogP contribution < -0.4 is 5.32 Å². The Morgan fingerprint density at radius 3 is 2.90 bits per heavy atom. The summed E-state index contributed by atoms with van der Waals surface area (Å²) in [5.41, 5.74) is 1.34. The molecule has 2 N–H and O–H groups in total. The summed E-state index contributed by atoms with van der Waals surface area (Å²) in [5, 5.41) is 22.1. The van der Waals surface area contributed by atoms with Crippen LogP contribution in [0.5, 0.6) is 0 Å². The van der Waals surface area contributed by atoms with Gasteiger partial charge in [0.2, 0.25) is 0 Å². The standard InChI is InChI=1S/C17H24N2O2/c1-13-6-2-5-9-17(13)21-12-15(20)11-19-16-8-4-3-7-14(16)10-18/h3-4,7-8,13,15,17,19-20H,2,5-6,9,11-12H2,1H3. The molecule has 3 atom stereocenters. The number of aliphatic hydroxyl groups is 1. The third-order valence-corrected chi connectivity index (χ3v) is 4.11. The van der Waals surface area contributed by atoms with Crippen molar-refractivity contribution in [2.24, 2.45) is 5.92 Å². The highest BCUT2D eigenvalue weighted by atomic mass is 16.5. The summed E-state index contributed by atoms with van der Waals surface area (Å²) in [6, 6.07) is 9.43. The number of nitrogens with zero attached hydrogens (tertiary/aromatic N) is 1. The lowest BCUT2D eigenvalue weighted by Gasteiger charge is -2.29. The highest BCUT2D eigenvalue weighted by Gasteiger charge is 2.22. The van der Waals surface area contributed by atoms with Gasteiger partial charge in [0, 0.05) is 6.54 Å². The van der Waals surface area contributed by atoms with E-state index in [1.807, 2.05) is 18.2 Å². The topological polar surface area (TPSA) is 65.3 Å². The molecule has 4 heteroatoms. The molecule has 0 radical (unpaired) electrons. The van der Waals surface area contributed by atoms with Crippen LogP contribution in [0.15, 0.2) is 24.3 Å². The average molecular weight is 288 g/mol. The normalized spacial score (nSPS) is 23.3. The number of para-hydroxylation sites is 1. The van der Waals surface area contributed by atoms with E-state index in [2.05, 4.69) is 18.3 Å². The highest BCUT2D eigenvalue weighted by Crippen LogP contribution is 2.26. The largest absolute Gasteiger partial charge is 0.389 e. The van der Waals surface area contributed by atoms with E-state index in [9.17, 15) is 5.11 Å². The van der Waals surface area contributed by atoms with Crippen molar-refractivity contribution in [3.63, 3.8) is 0 Å². The lowest BCUT2D eigenvalue weighted by Crippen LogP contribution is -2.32. The summed E-state index contributed by atoms with van der Waals surface area (Å²) in [7, 11) is 0. The van der Waals surface area contributed by atoms with Gasteiger partial charge in [-0.05, 0) is 30.9 Å². The summed E-state index contributed by atoms with van der Waals surface area (Å²) < 4.78 is 5.85. The van der Waals surface area contributed by atoms with E-state index in [0.717, 1.165) is 12.1 Å². The van der Waals surface area contributed by atoms with Gasteiger partial charge in [-0.3, -0.25) is 0 Å². The van der Waals surface area contributed by atoms with E-state index in [0.29, 0.717) is 24.6 Å². The Morgan fingerprint density at radius 2 is 2.14 bits per heavy atom. The number of anilines is 1. The van der Waals surface area contributed by atoms with Gasteiger partial charge >= 0.3 is 0 Å². The molecule has 0 aromatic heterocycles. The summed E-state index contributed by atoms with van der Waals surface area (Å²) in [4.78, 5) is 0. The molecule has 1 fully saturated rings. The van der Waals surface area contributed by atoms with E-state index in [4.69, 9.17) is 10.00 Å². The average Bonchev–Trinajstić information content (AvgIpc) is 2.52. The molecule has 0 aliphatic heterocycles. The van der Waals surface area contributed by atoms with Gasteiger partial charge in [-0.15, -0.1) is 0 Å². The minimum absolute atomic E-state index is 0.278. The van der Waals surface area contributed by atoms with Crippen LogP contribution in [0.25, 0.3) is 0 Å². The molecule has 1 aliphatic rings. The van der Waals surface area contributed by atoms with Crippen molar-refractivity contribution in [3.8, 4) is 6.07 Å². The van der Waals surface area contributed by atoms with Gasteiger partial charge in [-0.25, -0.2) is 0 Å². The lowest BCUT2D eigenvalue weighted by atomic mass is 9.88. The number of nitriles is 1. The Balaban J connectivity index is 1.74. The van der Waals surface area contributed by atoms with E-state index in [1.165, 1.54) is 19.3 Å². The van der Waals surface area contributed by atoms with Gasteiger partial charge in [-0.1, -0.05) is 31.9 Å². The van der Waals surface area contributed by atoms with Crippen LogP contribution in [0.4, 0.5) is 5.69 Å². The number of rotatable bonds is 6. The highest BCUT2D eigenvalue weighted by molar-refractivity contribution is 5.57. The number of nitrogens with one attached hydrogen (secondary N) is 1. The molecule has 4 nitrogen and oxygen atoms in total. The number of benzene rings is 1. The van der Waals surface area contributed by atoms with Crippen LogP contribution in [-0.2, 0) is 4.74 Å². The summed E-state index contributed by atoms with van der Waals surface area (Å²) in [6.07, 6.45) is 4.54. The smallest absolute Gasteiger partial charge is 0.101 e. The summed E-state index contributed by atoms with van der Waals surface area (Å²) >= 11 is 0. The molecule has 0 amide bonds. The molecule has 0 spiro atoms. The summed E-state index contributed by atoms with van der Waals surface area (Å²) in [5.74, 6) is 0.582. The van der Waals surface area contributed by atoms with Crippen LogP contribution in [-0.4, -0.2) is 30.5 Å². The zero-order chi connectivity index (χ0) is 15.1. The van der Waals surface area contributed by atoms with Gasteiger partial charge in [0.05, 0.1) is 30.1 Å². The Bertz CT molecular complexity index is 484. The Hall–Kier alpha value is -1.57. The number of hydrogen-bond acceptors (Lipinski definition) is 4. The van der Waals surface area contributed by atoms with Gasteiger partial charge in [0.1, 0.15) is 6.07 Å². The predicted molar refractivity (Wildman–Crippen MR) is 83.0 cm³/mol. The first-order chi connectivity index (χ1) is 10.2. The van der Waals surface area contributed by atoms with Gasteiger partial charge < -0.3 is 15.2 Å².